The van der Waals surface area contributed by atoms with Crippen molar-refractivity contribution in [3.63, 3.8) is 0 Å². The van der Waals surface area contributed by atoms with E-state index in [1.54, 1.807) is 0 Å². The van der Waals surface area contributed by atoms with Crippen molar-refractivity contribution in [1.82, 2.24) is 9.97 Å². The molecule has 4 heteroatoms. The predicted molar refractivity (Wildman–Crippen MR) is 93.4 cm³/mol. The van der Waals surface area contributed by atoms with E-state index in [1.165, 1.54) is 12.4 Å². The minimum atomic E-state index is 0.459. The van der Waals surface area contributed by atoms with Crippen LogP contribution in [-0.4, -0.2) is 16.6 Å². The molecular weight excluding hydrogens is 298 g/mol. The molecule has 0 radical (unpaired) electrons. The van der Waals surface area contributed by atoms with Crippen LogP contribution < -0.4 is 4.74 Å². The number of hydrogen-bond donors (Lipinski definition) is 0. The number of hydrogen-bond acceptors (Lipinski definition) is 4. The highest BCUT2D eigenvalue weighted by molar-refractivity contribution is 5.68. The fourth-order valence-electron chi connectivity index (χ4n) is 2.31. The molecule has 0 amide bonds. The summed E-state index contributed by atoms with van der Waals surface area (Å²) in [5.41, 5.74) is 3.63. The maximum Gasteiger partial charge on any atom is 0.159 e. The Kier molecular flexibility index (Phi) is 4.83. The Morgan fingerprint density at radius 2 is 1.42 bits per heavy atom. The van der Waals surface area contributed by atoms with Gasteiger partial charge in [-0.05, 0) is 29.7 Å². The maximum atomic E-state index is 8.79. The van der Waals surface area contributed by atoms with Gasteiger partial charge in [0.2, 0.25) is 0 Å². The summed E-state index contributed by atoms with van der Waals surface area (Å²) in [4.78, 5) is 8.42. The van der Waals surface area contributed by atoms with Crippen LogP contribution in [0.3, 0.4) is 0 Å². The molecule has 0 N–H and O–H groups in total. The van der Waals surface area contributed by atoms with Gasteiger partial charge < -0.3 is 4.74 Å². The molecule has 0 saturated carbocycles. The van der Waals surface area contributed by atoms with Crippen LogP contribution >= 0.6 is 0 Å². The molecule has 0 fully saturated rings. The maximum absolute atomic E-state index is 8.79. The molecule has 0 spiro atoms. The van der Waals surface area contributed by atoms with Gasteiger partial charge in [0, 0.05) is 18.0 Å². The van der Waals surface area contributed by atoms with Crippen LogP contribution in [0.15, 0.2) is 60.9 Å². The second kappa shape index (κ2) is 7.38. The lowest BCUT2D eigenvalue weighted by Gasteiger charge is -2.07. The van der Waals surface area contributed by atoms with E-state index in [4.69, 9.17) is 10.00 Å². The highest BCUT2D eigenvalue weighted by Crippen LogP contribution is 2.25. The topological polar surface area (TPSA) is 58.8 Å². The van der Waals surface area contributed by atoms with Crippen LogP contribution in [0.4, 0.5) is 0 Å². The quantitative estimate of drug-likeness (QED) is 0.697. The molecule has 2 aromatic carbocycles. The molecule has 0 atom stereocenters. The lowest BCUT2D eigenvalue weighted by atomic mass is 10.0. The molecule has 0 aliphatic rings. The van der Waals surface area contributed by atoms with Crippen LogP contribution in [0.25, 0.3) is 22.5 Å². The summed E-state index contributed by atoms with van der Waals surface area (Å²) in [5, 5.41) is 8.79. The van der Waals surface area contributed by atoms with Crippen molar-refractivity contribution in [3.05, 3.63) is 66.5 Å². The summed E-state index contributed by atoms with van der Waals surface area (Å²) in [6, 6.07) is 18.2. The highest BCUT2D eigenvalue weighted by Gasteiger charge is 2.03. The van der Waals surface area contributed by atoms with Gasteiger partial charge in [0.05, 0.1) is 12.2 Å². The first kappa shape index (κ1) is 15.7. The van der Waals surface area contributed by atoms with Crippen molar-refractivity contribution in [1.29, 1.82) is 5.26 Å². The van der Waals surface area contributed by atoms with Gasteiger partial charge in [0.15, 0.2) is 5.82 Å². The number of rotatable bonds is 5. The summed E-state index contributed by atoms with van der Waals surface area (Å²) in [5.74, 6) is 1.51. The largest absolute Gasteiger partial charge is 0.494 e. The van der Waals surface area contributed by atoms with E-state index in [-0.39, 0.29) is 0 Å². The van der Waals surface area contributed by atoms with Crippen molar-refractivity contribution >= 4 is 0 Å². The number of nitrogens with zero attached hydrogens (tertiary/aromatic N) is 3. The van der Waals surface area contributed by atoms with Crippen molar-refractivity contribution < 1.29 is 4.74 Å². The van der Waals surface area contributed by atoms with Crippen molar-refractivity contribution in [2.75, 3.05) is 6.61 Å². The number of nitriles is 1. The van der Waals surface area contributed by atoms with Gasteiger partial charge in [-0.25, -0.2) is 9.97 Å². The monoisotopic (exact) mass is 315 g/mol. The first-order chi connectivity index (χ1) is 11.8. The minimum Gasteiger partial charge on any atom is -0.494 e. The van der Waals surface area contributed by atoms with E-state index in [9.17, 15) is 0 Å². The average Bonchev–Trinajstić information content (AvgIpc) is 2.67. The van der Waals surface area contributed by atoms with Gasteiger partial charge in [0.25, 0.3) is 0 Å². The van der Waals surface area contributed by atoms with E-state index >= 15 is 0 Å². The molecule has 0 bridgehead atoms. The van der Waals surface area contributed by atoms with Gasteiger partial charge in [-0.2, -0.15) is 5.26 Å². The smallest absolute Gasteiger partial charge is 0.159 e. The van der Waals surface area contributed by atoms with Gasteiger partial charge in [0.1, 0.15) is 11.8 Å². The third kappa shape index (κ3) is 3.58. The molecule has 24 heavy (non-hydrogen) atoms. The van der Waals surface area contributed by atoms with Gasteiger partial charge in [-0.15, -0.1) is 0 Å². The van der Waals surface area contributed by atoms with Crippen molar-refractivity contribution in [2.45, 2.75) is 13.3 Å². The first-order valence-electron chi connectivity index (χ1n) is 7.86. The second-order valence-corrected chi connectivity index (χ2v) is 5.36. The molecule has 0 unspecified atom stereocenters. The number of ether oxygens (including phenoxy) is 1. The van der Waals surface area contributed by atoms with Crippen LogP contribution in [0.5, 0.6) is 5.75 Å². The summed E-state index contributed by atoms with van der Waals surface area (Å²) < 4.78 is 5.60. The Morgan fingerprint density at radius 1 is 0.875 bits per heavy atom. The molecule has 3 aromatic rings. The minimum absolute atomic E-state index is 0.459. The summed E-state index contributed by atoms with van der Waals surface area (Å²) >= 11 is 0. The van der Waals surface area contributed by atoms with E-state index in [2.05, 4.69) is 29.0 Å². The highest BCUT2D eigenvalue weighted by atomic mass is 16.5. The molecule has 0 saturated heterocycles. The fraction of sp³-hybridized carbons (Fsp3) is 0.150. The van der Waals surface area contributed by atoms with E-state index in [1.807, 2.05) is 42.5 Å². The average molecular weight is 315 g/mol. The SMILES string of the molecule is CCCOc1ccc(-c2ccc(-c3ncc(C#N)cn3)cc2)cc1. The second-order valence-electron chi connectivity index (χ2n) is 5.36. The molecule has 0 aliphatic carbocycles. The zero-order valence-corrected chi connectivity index (χ0v) is 13.4. The van der Waals surface area contributed by atoms with Crippen LogP contribution in [0.2, 0.25) is 0 Å². The molecule has 1 heterocycles. The zero-order chi connectivity index (χ0) is 16.8. The van der Waals surface area contributed by atoms with E-state index in [0.29, 0.717) is 11.4 Å². The van der Waals surface area contributed by atoms with Crippen molar-refractivity contribution in [2.24, 2.45) is 0 Å². The van der Waals surface area contributed by atoms with E-state index < -0.39 is 0 Å². The predicted octanol–water partition coefficient (Wildman–Crippen LogP) is 4.47. The summed E-state index contributed by atoms with van der Waals surface area (Å²) in [6.07, 6.45) is 4.07. The number of benzene rings is 2. The Bertz CT molecular complexity index is 832. The normalized spacial score (nSPS) is 10.2. The Labute approximate surface area is 141 Å². The van der Waals surface area contributed by atoms with Gasteiger partial charge >= 0.3 is 0 Å². The first-order valence-corrected chi connectivity index (χ1v) is 7.86. The molecule has 3 rings (SSSR count). The van der Waals surface area contributed by atoms with Gasteiger partial charge in [-0.3, -0.25) is 0 Å². The summed E-state index contributed by atoms with van der Waals surface area (Å²) in [7, 11) is 0. The molecular formula is C20H17N3O. The zero-order valence-electron chi connectivity index (χ0n) is 13.4. The van der Waals surface area contributed by atoms with Gasteiger partial charge in [-0.1, -0.05) is 43.3 Å². The Hall–Kier alpha value is -3.19. The van der Waals surface area contributed by atoms with Crippen LogP contribution in [0.1, 0.15) is 18.9 Å². The van der Waals surface area contributed by atoms with Crippen LogP contribution in [-0.2, 0) is 0 Å². The third-order valence-corrected chi connectivity index (χ3v) is 3.58. The Morgan fingerprint density at radius 3 is 1.96 bits per heavy atom. The Balaban J connectivity index is 1.77. The summed E-state index contributed by atoms with van der Waals surface area (Å²) in [6.45, 7) is 2.83. The standard InChI is InChI=1S/C20H17N3O/c1-2-11-24-19-9-7-17(8-10-19)16-3-5-18(6-4-16)20-22-13-15(12-21)14-23-20/h3-10,13-14H,2,11H2,1H3. The molecule has 118 valence electrons. The number of aromatic nitrogens is 2. The molecule has 1 aromatic heterocycles. The van der Waals surface area contributed by atoms with Crippen LogP contribution in [0, 0.1) is 11.3 Å². The van der Waals surface area contributed by atoms with E-state index in [0.717, 1.165) is 35.5 Å². The molecule has 4 nitrogen and oxygen atoms in total. The fourth-order valence-corrected chi connectivity index (χ4v) is 2.31. The van der Waals surface area contributed by atoms with Crippen molar-refractivity contribution in [3.8, 4) is 34.3 Å². The third-order valence-electron chi connectivity index (χ3n) is 3.58. The lowest BCUT2D eigenvalue weighted by molar-refractivity contribution is 0.317. The molecule has 0 aliphatic heterocycles. The lowest BCUT2D eigenvalue weighted by Crippen LogP contribution is -1.94.